The Labute approximate surface area is 107 Å². The van der Waals surface area contributed by atoms with Gasteiger partial charge < -0.3 is 4.43 Å². The predicted octanol–water partition coefficient (Wildman–Crippen LogP) is 4.42. The molecule has 0 aliphatic rings. The maximum Gasteiger partial charge on any atom is 0.189 e. The van der Waals surface area contributed by atoms with Crippen molar-refractivity contribution in [3.8, 4) is 0 Å². The number of rotatable bonds is 7. The van der Waals surface area contributed by atoms with Gasteiger partial charge in [0.15, 0.2) is 8.32 Å². The molecule has 0 bridgehead atoms. The highest BCUT2D eigenvalue weighted by atomic mass is 28.4. The van der Waals surface area contributed by atoms with Gasteiger partial charge in [-0.1, -0.05) is 44.5 Å². The molecule has 0 fully saturated rings. The summed E-state index contributed by atoms with van der Waals surface area (Å²) in [4.78, 5) is 0. The molecule has 1 nitrogen and oxygen atoms in total. The molecule has 2 heteroatoms. The standard InChI is InChI=1S/C15H26OSi/c1-5-12-17(4,16-3)13-11-15-9-7-14(6-2)8-10-15/h7-10H,5-6,11-13H2,1-4H3. The van der Waals surface area contributed by atoms with Crippen molar-refractivity contribution in [2.75, 3.05) is 7.11 Å². The van der Waals surface area contributed by atoms with E-state index in [0.717, 1.165) is 6.42 Å². The summed E-state index contributed by atoms with van der Waals surface area (Å²) in [7, 11) is 0.463. The summed E-state index contributed by atoms with van der Waals surface area (Å²) >= 11 is 0. The third-order valence-electron chi connectivity index (χ3n) is 3.65. The van der Waals surface area contributed by atoms with E-state index in [1.807, 2.05) is 7.11 Å². The third-order valence-corrected chi connectivity index (χ3v) is 7.50. The van der Waals surface area contributed by atoms with Crippen LogP contribution in [-0.2, 0) is 17.3 Å². The first-order chi connectivity index (χ1) is 8.13. The molecule has 1 rings (SSSR count). The molecule has 0 heterocycles. The first kappa shape index (κ1) is 14.5. The molecule has 96 valence electrons. The van der Waals surface area contributed by atoms with Gasteiger partial charge in [0.05, 0.1) is 0 Å². The zero-order valence-corrected chi connectivity index (χ0v) is 12.8. The Balaban J connectivity index is 2.53. The smallest absolute Gasteiger partial charge is 0.189 e. The van der Waals surface area contributed by atoms with Crippen LogP contribution in [0.4, 0.5) is 0 Å². The highest BCUT2D eigenvalue weighted by molar-refractivity contribution is 6.72. The van der Waals surface area contributed by atoms with Crippen molar-refractivity contribution < 1.29 is 4.43 Å². The van der Waals surface area contributed by atoms with Gasteiger partial charge in [-0.3, -0.25) is 0 Å². The lowest BCUT2D eigenvalue weighted by atomic mass is 10.1. The summed E-state index contributed by atoms with van der Waals surface area (Å²) in [5.74, 6) is 0. The van der Waals surface area contributed by atoms with Gasteiger partial charge in [-0.05, 0) is 42.6 Å². The first-order valence-electron chi connectivity index (χ1n) is 6.76. The Morgan fingerprint density at radius 1 is 1.00 bits per heavy atom. The number of aryl methyl sites for hydroxylation is 2. The van der Waals surface area contributed by atoms with Gasteiger partial charge in [0.1, 0.15) is 0 Å². The number of hydrogen-bond acceptors (Lipinski definition) is 1. The normalized spacial score (nSPS) is 14.6. The lowest BCUT2D eigenvalue weighted by molar-refractivity contribution is 0.395. The van der Waals surface area contributed by atoms with Gasteiger partial charge in [0, 0.05) is 7.11 Å². The largest absolute Gasteiger partial charge is 0.420 e. The molecule has 0 saturated heterocycles. The fourth-order valence-electron chi connectivity index (χ4n) is 2.21. The van der Waals surface area contributed by atoms with E-state index in [1.165, 1.54) is 36.1 Å². The summed E-state index contributed by atoms with van der Waals surface area (Å²) in [6.45, 7) is 6.81. The van der Waals surface area contributed by atoms with Gasteiger partial charge in [-0.2, -0.15) is 0 Å². The minimum absolute atomic E-state index is 1.13. The summed E-state index contributed by atoms with van der Waals surface area (Å²) in [6, 6.07) is 11.6. The fourth-order valence-corrected chi connectivity index (χ4v) is 4.74. The Morgan fingerprint density at radius 2 is 1.59 bits per heavy atom. The summed E-state index contributed by atoms with van der Waals surface area (Å²) < 4.78 is 5.78. The van der Waals surface area contributed by atoms with Crippen LogP contribution < -0.4 is 0 Å². The molecule has 1 aromatic rings. The Hall–Kier alpha value is -0.603. The summed E-state index contributed by atoms with van der Waals surface area (Å²) in [5.41, 5.74) is 2.88. The fraction of sp³-hybridized carbons (Fsp3) is 0.600. The van der Waals surface area contributed by atoms with E-state index in [-0.39, 0.29) is 0 Å². The number of benzene rings is 1. The van der Waals surface area contributed by atoms with Crippen LogP contribution in [-0.4, -0.2) is 15.4 Å². The first-order valence-corrected chi connectivity index (χ1v) is 9.58. The molecule has 1 unspecified atom stereocenters. The van der Waals surface area contributed by atoms with Gasteiger partial charge in [0.25, 0.3) is 0 Å². The Morgan fingerprint density at radius 3 is 2.06 bits per heavy atom. The zero-order valence-electron chi connectivity index (χ0n) is 11.8. The lowest BCUT2D eigenvalue weighted by Crippen LogP contribution is -2.33. The molecule has 0 aliphatic carbocycles. The molecular weight excluding hydrogens is 224 g/mol. The zero-order chi connectivity index (χ0) is 12.7. The molecule has 0 spiro atoms. The molecule has 0 amide bonds. The molecule has 0 saturated carbocycles. The average molecular weight is 250 g/mol. The quantitative estimate of drug-likeness (QED) is 0.651. The van der Waals surface area contributed by atoms with Gasteiger partial charge in [-0.25, -0.2) is 0 Å². The van der Waals surface area contributed by atoms with Crippen LogP contribution >= 0.6 is 0 Å². The maximum atomic E-state index is 5.78. The second-order valence-electron chi connectivity index (χ2n) is 5.07. The minimum Gasteiger partial charge on any atom is -0.420 e. The van der Waals surface area contributed by atoms with Crippen LogP contribution in [0.5, 0.6) is 0 Å². The van der Waals surface area contributed by atoms with Crippen LogP contribution in [0.1, 0.15) is 31.4 Å². The molecule has 0 radical (unpaired) electrons. The average Bonchev–Trinajstić information content (AvgIpc) is 2.37. The van der Waals surface area contributed by atoms with Crippen molar-refractivity contribution in [2.45, 2.75) is 51.7 Å². The van der Waals surface area contributed by atoms with E-state index in [1.54, 1.807) is 0 Å². The van der Waals surface area contributed by atoms with Crippen molar-refractivity contribution in [3.63, 3.8) is 0 Å². The lowest BCUT2D eigenvalue weighted by Gasteiger charge is -2.24. The molecule has 1 aromatic carbocycles. The van der Waals surface area contributed by atoms with Crippen LogP contribution in [0.25, 0.3) is 0 Å². The van der Waals surface area contributed by atoms with E-state index in [0.29, 0.717) is 0 Å². The van der Waals surface area contributed by atoms with Crippen molar-refractivity contribution in [2.24, 2.45) is 0 Å². The molecule has 1 atom stereocenters. The highest BCUT2D eigenvalue weighted by Gasteiger charge is 2.25. The Bertz CT molecular complexity index is 320. The number of hydrogen-bond donors (Lipinski definition) is 0. The van der Waals surface area contributed by atoms with Crippen LogP contribution in [0, 0.1) is 0 Å². The van der Waals surface area contributed by atoms with Crippen LogP contribution in [0.3, 0.4) is 0 Å². The van der Waals surface area contributed by atoms with Gasteiger partial charge in [-0.15, -0.1) is 0 Å². The van der Waals surface area contributed by atoms with E-state index in [9.17, 15) is 0 Å². The van der Waals surface area contributed by atoms with Crippen molar-refractivity contribution >= 4 is 8.32 Å². The second kappa shape index (κ2) is 6.97. The molecule has 17 heavy (non-hydrogen) atoms. The maximum absolute atomic E-state index is 5.78. The van der Waals surface area contributed by atoms with E-state index in [4.69, 9.17) is 4.43 Å². The summed E-state index contributed by atoms with van der Waals surface area (Å²) in [6.07, 6.45) is 3.53. The summed E-state index contributed by atoms with van der Waals surface area (Å²) in [5, 5.41) is 0. The molecule has 0 aliphatic heterocycles. The Kier molecular flexibility index (Phi) is 5.93. The SMILES string of the molecule is CCC[Si](C)(CCc1ccc(CC)cc1)OC. The molecule has 0 aromatic heterocycles. The van der Waals surface area contributed by atoms with Gasteiger partial charge in [0.2, 0.25) is 0 Å². The molecular formula is C15H26OSi. The van der Waals surface area contributed by atoms with Crippen molar-refractivity contribution in [3.05, 3.63) is 35.4 Å². The monoisotopic (exact) mass is 250 g/mol. The van der Waals surface area contributed by atoms with Crippen LogP contribution in [0.15, 0.2) is 24.3 Å². The predicted molar refractivity (Wildman–Crippen MR) is 78.1 cm³/mol. The van der Waals surface area contributed by atoms with Gasteiger partial charge >= 0.3 is 0 Å². The second-order valence-corrected chi connectivity index (χ2v) is 9.38. The topological polar surface area (TPSA) is 9.23 Å². The van der Waals surface area contributed by atoms with E-state index < -0.39 is 8.32 Å². The van der Waals surface area contributed by atoms with E-state index in [2.05, 4.69) is 44.7 Å². The minimum atomic E-state index is -1.43. The third kappa shape index (κ3) is 4.64. The van der Waals surface area contributed by atoms with Crippen LogP contribution in [0.2, 0.25) is 18.6 Å². The van der Waals surface area contributed by atoms with E-state index >= 15 is 0 Å². The van der Waals surface area contributed by atoms with Crippen molar-refractivity contribution in [1.82, 2.24) is 0 Å². The molecule has 0 N–H and O–H groups in total. The van der Waals surface area contributed by atoms with Crippen molar-refractivity contribution in [1.29, 1.82) is 0 Å². The highest BCUT2D eigenvalue weighted by Crippen LogP contribution is 2.21.